The topological polar surface area (TPSA) is 17.8 Å². The van der Waals surface area contributed by atoms with Crippen LogP contribution in [0.3, 0.4) is 0 Å². The van der Waals surface area contributed by atoms with Crippen LogP contribution in [0.15, 0.2) is 30.3 Å². The van der Waals surface area contributed by atoms with Gasteiger partial charge in [-0.05, 0) is 20.3 Å². The van der Waals surface area contributed by atoms with Crippen LogP contribution in [0, 0.1) is 13.8 Å². The first kappa shape index (κ1) is 15.3. The Morgan fingerprint density at radius 3 is 2.50 bits per heavy atom. The molecule has 2 rings (SSSR count). The highest BCUT2D eigenvalue weighted by atomic mass is 79.9. The van der Waals surface area contributed by atoms with Gasteiger partial charge in [-0.25, -0.2) is 4.98 Å². The largest absolute Gasteiger partial charge is 0.315 e. The second-order valence-electron chi connectivity index (χ2n) is 5.27. The van der Waals surface area contributed by atoms with Crippen LogP contribution in [0.5, 0.6) is 0 Å². The van der Waals surface area contributed by atoms with Gasteiger partial charge in [0.05, 0.1) is 10.6 Å². The van der Waals surface area contributed by atoms with Gasteiger partial charge in [0.15, 0.2) is 0 Å². The van der Waals surface area contributed by atoms with Gasteiger partial charge < -0.3 is 4.57 Å². The predicted octanol–water partition coefficient (Wildman–Crippen LogP) is 5.64. The van der Waals surface area contributed by atoms with Crippen molar-refractivity contribution in [3.63, 3.8) is 0 Å². The van der Waals surface area contributed by atoms with Crippen molar-refractivity contribution in [3.8, 4) is 11.4 Å². The number of nitrogens with zero attached hydrogens (tertiary/aromatic N) is 2. The van der Waals surface area contributed by atoms with Crippen molar-refractivity contribution in [1.82, 2.24) is 9.55 Å². The highest BCUT2D eigenvalue weighted by Gasteiger charge is 2.18. The number of aromatic nitrogens is 2. The molecule has 108 valence electrons. The Bertz CT molecular complexity index is 546. The maximum Gasteiger partial charge on any atom is 0.141 e. The Morgan fingerprint density at radius 2 is 1.85 bits per heavy atom. The van der Waals surface area contributed by atoms with E-state index >= 15 is 0 Å². The molecule has 0 spiro atoms. The average molecular weight is 335 g/mol. The zero-order valence-electron chi connectivity index (χ0n) is 12.6. The summed E-state index contributed by atoms with van der Waals surface area (Å²) in [5.74, 6) is 1.07. The molecule has 0 N–H and O–H groups in total. The Balaban J connectivity index is 2.32. The molecule has 0 aliphatic heterocycles. The molecule has 1 atom stereocenters. The molecule has 0 saturated heterocycles. The number of imidazole rings is 1. The summed E-state index contributed by atoms with van der Waals surface area (Å²) in [6, 6.07) is 10.4. The standard InChI is InChI=1S/C17H23BrN2/c1-4-5-7-12-16(18)20-14(3)13(2)19-17(20)15-10-8-6-9-11-15/h6,8-11,16H,4-5,7,12H2,1-3H3. The lowest BCUT2D eigenvalue weighted by molar-refractivity contribution is 0.572. The van der Waals surface area contributed by atoms with E-state index in [1.165, 1.54) is 30.5 Å². The van der Waals surface area contributed by atoms with Crippen LogP contribution in [0.4, 0.5) is 0 Å². The molecule has 1 aromatic carbocycles. The molecule has 2 aromatic rings. The normalized spacial score (nSPS) is 12.6. The van der Waals surface area contributed by atoms with E-state index in [1.807, 2.05) is 6.07 Å². The summed E-state index contributed by atoms with van der Waals surface area (Å²) >= 11 is 3.85. The van der Waals surface area contributed by atoms with Crippen molar-refractivity contribution in [3.05, 3.63) is 41.7 Å². The number of halogens is 1. The number of benzene rings is 1. The van der Waals surface area contributed by atoms with Gasteiger partial charge in [0.2, 0.25) is 0 Å². The third-order valence-corrected chi connectivity index (χ3v) is 4.61. The molecule has 0 saturated carbocycles. The molecular formula is C17H23BrN2. The van der Waals surface area contributed by atoms with Crippen molar-refractivity contribution in [2.45, 2.75) is 51.4 Å². The number of alkyl halides is 1. The van der Waals surface area contributed by atoms with Crippen LogP contribution < -0.4 is 0 Å². The molecule has 0 radical (unpaired) electrons. The van der Waals surface area contributed by atoms with Crippen LogP contribution in [-0.2, 0) is 0 Å². The number of unbranched alkanes of at least 4 members (excludes halogenated alkanes) is 2. The van der Waals surface area contributed by atoms with E-state index < -0.39 is 0 Å². The van der Waals surface area contributed by atoms with Crippen molar-refractivity contribution < 1.29 is 0 Å². The van der Waals surface area contributed by atoms with Crippen molar-refractivity contribution >= 4 is 15.9 Å². The summed E-state index contributed by atoms with van der Waals surface area (Å²) in [5, 5.41) is 0. The van der Waals surface area contributed by atoms with Gasteiger partial charge >= 0.3 is 0 Å². The highest BCUT2D eigenvalue weighted by Crippen LogP contribution is 2.31. The fourth-order valence-electron chi connectivity index (χ4n) is 2.45. The minimum Gasteiger partial charge on any atom is -0.315 e. The van der Waals surface area contributed by atoms with Crippen LogP contribution in [0.25, 0.3) is 11.4 Å². The van der Waals surface area contributed by atoms with Crippen LogP contribution in [-0.4, -0.2) is 9.55 Å². The van der Waals surface area contributed by atoms with Gasteiger partial charge in [-0.3, -0.25) is 0 Å². The molecule has 1 aromatic heterocycles. The summed E-state index contributed by atoms with van der Waals surface area (Å²) in [5.41, 5.74) is 3.55. The van der Waals surface area contributed by atoms with Crippen molar-refractivity contribution in [1.29, 1.82) is 0 Å². The zero-order chi connectivity index (χ0) is 14.5. The van der Waals surface area contributed by atoms with Crippen LogP contribution >= 0.6 is 15.9 Å². The first-order valence-corrected chi connectivity index (χ1v) is 8.31. The van der Waals surface area contributed by atoms with E-state index in [-0.39, 0.29) is 0 Å². The first-order valence-electron chi connectivity index (χ1n) is 7.40. The summed E-state index contributed by atoms with van der Waals surface area (Å²) < 4.78 is 2.33. The average Bonchev–Trinajstić information content (AvgIpc) is 2.76. The number of hydrogen-bond donors (Lipinski definition) is 0. The van der Waals surface area contributed by atoms with Crippen molar-refractivity contribution in [2.75, 3.05) is 0 Å². The molecule has 0 aliphatic rings. The summed E-state index contributed by atoms with van der Waals surface area (Å²) in [7, 11) is 0. The third kappa shape index (κ3) is 3.32. The predicted molar refractivity (Wildman–Crippen MR) is 89.2 cm³/mol. The van der Waals surface area contributed by atoms with E-state index in [0.29, 0.717) is 4.95 Å². The first-order chi connectivity index (χ1) is 9.65. The fraction of sp³-hybridized carbons (Fsp3) is 0.471. The Morgan fingerprint density at radius 1 is 1.15 bits per heavy atom. The lowest BCUT2D eigenvalue weighted by Crippen LogP contribution is -2.06. The van der Waals surface area contributed by atoms with Crippen molar-refractivity contribution in [2.24, 2.45) is 0 Å². The SMILES string of the molecule is CCCCCC(Br)n1c(-c2ccccc2)nc(C)c1C. The van der Waals surface area contributed by atoms with E-state index in [2.05, 4.69) is 65.5 Å². The van der Waals surface area contributed by atoms with E-state index in [9.17, 15) is 0 Å². The smallest absolute Gasteiger partial charge is 0.141 e. The minimum atomic E-state index is 0.324. The summed E-state index contributed by atoms with van der Waals surface area (Å²) in [4.78, 5) is 5.09. The molecule has 2 nitrogen and oxygen atoms in total. The zero-order valence-corrected chi connectivity index (χ0v) is 14.2. The Hall–Kier alpha value is -1.09. The summed E-state index contributed by atoms with van der Waals surface area (Å²) in [6.45, 7) is 6.48. The van der Waals surface area contributed by atoms with E-state index in [4.69, 9.17) is 4.98 Å². The summed E-state index contributed by atoms with van der Waals surface area (Å²) in [6.07, 6.45) is 4.93. The van der Waals surface area contributed by atoms with Crippen LogP contribution in [0.1, 0.15) is 48.9 Å². The highest BCUT2D eigenvalue weighted by molar-refractivity contribution is 9.09. The fourth-order valence-corrected chi connectivity index (χ4v) is 3.28. The molecule has 3 heteroatoms. The molecule has 0 aliphatic carbocycles. The quantitative estimate of drug-likeness (QED) is 0.493. The van der Waals surface area contributed by atoms with E-state index in [0.717, 1.165) is 17.9 Å². The Labute approximate surface area is 130 Å². The monoisotopic (exact) mass is 334 g/mol. The number of aryl methyl sites for hydroxylation is 1. The van der Waals surface area contributed by atoms with Crippen LogP contribution in [0.2, 0.25) is 0 Å². The molecule has 0 amide bonds. The van der Waals surface area contributed by atoms with Gasteiger partial charge in [-0.15, -0.1) is 0 Å². The second kappa shape index (κ2) is 7.07. The number of rotatable bonds is 6. The third-order valence-electron chi connectivity index (χ3n) is 3.74. The van der Waals surface area contributed by atoms with Gasteiger partial charge in [0, 0.05) is 11.3 Å². The maximum atomic E-state index is 4.76. The van der Waals surface area contributed by atoms with Gasteiger partial charge in [-0.1, -0.05) is 72.4 Å². The lowest BCUT2D eigenvalue weighted by Gasteiger charge is -2.17. The number of hydrogen-bond acceptors (Lipinski definition) is 1. The molecule has 0 bridgehead atoms. The minimum absolute atomic E-state index is 0.324. The molecule has 1 unspecified atom stereocenters. The second-order valence-corrected chi connectivity index (χ2v) is 6.33. The van der Waals surface area contributed by atoms with Gasteiger partial charge in [-0.2, -0.15) is 0 Å². The Kier molecular flexibility index (Phi) is 5.41. The molecule has 0 fully saturated rings. The molecule has 1 heterocycles. The molecule has 20 heavy (non-hydrogen) atoms. The lowest BCUT2D eigenvalue weighted by atomic mass is 10.2. The molecular weight excluding hydrogens is 312 g/mol. The van der Waals surface area contributed by atoms with E-state index in [1.54, 1.807) is 0 Å². The van der Waals surface area contributed by atoms with Gasteiger partial charge in [0.1, 0.15) is 5.82 Å². The van der Waals surface area contributed by atoms with Gasteiger partial charge in [0.25, 0.3) is 0 Å². The maximum absolute atomic E-state index is 4.76.